The summed E-state index contributed by atoms with van der Waals surface area (Å²) in [6.07, 6.45) is 4.03. The molecule has 2 rings (SSSR count). The minimum absolute atomic E-state index is 0.587. The molecule has 0 bridgehead atoms. The van der Waals surface area contributed by atoms with Gasteiger partial charge < -0.3 is 4.57 Å². The highest BCUT2D eigenvalue weighted by Gasteiger charge is 2.12. The van der Waals surface area contributed by atoms with Crippen molar-refractivity contribution in [1.29, 1.82) is 0 Å². The summed E-state index contributed by atoms with van der Waals surface area (Å²) in [6, 6.07) is 5.86. The van der Waals surface area contributed by atoms with Crippen LogP contribution in [0, 0.1) is 0 Å². The fourth-order valence-corrected chi connectivity index (χ4v) is 2.93. The molecule has 0 aliphatic rings. The van der Waals surface area contributed by atoms with E-state index in [9.17, 15) is 0 Å². The van der Waals surface area contributed by atoms with Crippen molar-refractivity contribution >= 4 is 46.0 Å². The third-order valence-electron chi connectivity index (χ3n) is 2.84. The Balaban J connectivity index is 2.40. The van der Waals surface area contributed by atoms with E-state index in [1.54, 1.807) is 0 Å². The molecule has 2 nitrogen and oxygen atoms in total. The van der Waals surface area contributed by atoms with Crippen LogP contribution in [0.2, 0.25) is 5.02 Å². The van der Waals surface area contributed by atoms with Gasteiger partial charge in [-0.1, -0.05) is 17.7 Å². The van der Waals surface area contributed by atoms with Crippen molar-refractivity contribution in [2.24, 2.45) is 0 Å². The third-order valence-corrected chi connectivity index (χ3v) is 4.04. The number of hydrogen-bond donors (Lipinski definition) is 0. The third kappa shape index (κ3) is 2.95. The molecule has 0 fully saturated rings. The molecule has 1 aromatic heterocycles. The van der Waals surface area contributed by atoms with Crippen LogP contribution in [0.4, 0.5) is 0 Å². The first-order valence-electron chi connectivity index (χ1n) is 5.96. The monoisotopic (exact) mass is 302 g/mol. The molecule has 18 heavy (non-hydrogen) atoms. The van der Waals surface area contributed by atoms with Crippen molar-refractivity contribution in [3.8, 4) is 0 Å². The first-order chi connectivity index (χ1) is 8.77. The summed E-state index contributed by atoms with van der Waals surface area (Å²) in [5.74, 6) is 2.77. The minimum atomic E-state index is 0.587. The van der Waals surface area contributed by atoms with Crippen LogP contribution in [-0.4, -0.2) is 27.4 Å². The smallest absolute Gasteiger partial charge is 0.111 e. The number of para-hydroxylation sites is 1. The van der Waals surface area contributed by atoms with E-state index in [0.717, 1.165) is 47.0 Å². The maximum atomic E-state index is 6.29. The molecule has 5 heteroatoms. The second-order valence-electron chi connectivity index (χ2n) is 4.07. The molecule has 0 N–H and O–H groups in total. The number of nitrogens with zero attached hydrogens (tertiary/aromatic N) is 2. The second kappa shape index (κ2) is 6.69. The molecule has 0 aliphatic carbocycles. The quantitative estimate of drug-likeness (QED) is 0.587. The molecule has 1 heterocycles. The number of hydrogen-bond acceptors (Lipinski definition) is 2. The molecule has 0 unspecified atom stereocenters. The van der Waals surface area contributed by atoms with Gasteiger partial charge in [0.15, 0.2) is 0 Å². The van der Waals surface area contributed by atoms with E-state index >= 15 is 0 Å². The maximum absolute atomic E-state index is 6.29. The fourth-order valence-electron chi connectivity index (χ4n) is 2.07. The Labute approximate surface area is 122 Å². The Morgan fingerprint density at radius 1 is 1.39 bits per heavy atom. The van der Waals surface area contributed by atoms with E-state index in [0.29, 0.717) is 5.88 Å². The molecule has 0 aliphatic heterocycles. The number of alkyl halides is 1. The summed E-state index contributed by atoms with van der Waals surface area (Å²) in [7, 11) is 0. The number of halogens is 2. The van der Waals surface area contributed by atoms with Crippen molar-refractivity contribution in [2.75, 3.05) is 17.9 Å². The van der Waals surface area contributed by atoms with E-state index in [1.807, 2.05) is 30.0 Å². The van der Waals surface area contributed by atoms with Gasteiger partial charge in [0.1, 0.15) is 5.82 Å². The normalized spacial score (nSPS) is 11.3. The molecule has 2 aromatic rings. The van der Waals surface area contributed by atoms with Crippen molar-refractivity contribution in [3.05, 3.63) is 29.0 Å². The molecule has 0 radical (unpaired) electrons. The van der Waals surface area contributed by atoms with E-state index in [1.165, 1.54) is 0 Å². The van der Waals surface area contributed by atoms with Crippen LogP contribution in [0.15, 0.2) is 18.2 Å². The first-order valence-corrected chi connectivity index (χ1v) is 8.27. The summed E-state index contributed by atoms with van der Waals surface area (Å²) < 4.78 is 2.22. The van der Waals surface area contributed by atoms with E-state index in [4.69, 9.17) is 23.2 Å². The zero-order valence-electron chi connectivity index (χ0n) is 10.3. The van der Waals surface area contributed by atoms with Crippen molar-refractivity contribution in [1.82, 2.24) is 9.55 Å². The van der Waals surface area contributed by atoms with Gasteiger partial charge in [0, 0.05) is 18.8 Å². The summed E-state index contributed by atoms with van der Waals surface area (Å²) >= 11 is 14.0. The summed E-state index contributed by atoms with van der Waals surface area (Å²) in [5.41, 5.74) is 2.01. The number of fused-ring (bicyclic) bond motifs is 1. The lowest BCUT2D eigenvalue weighted by atomic mass is 10.3. The molecular weight excluding hydrogens is 287 g/mol. The van der Waals surface area contributed by atoms with Crippen LogP contribution >= 0.6 is 35.0 Å². The highest BCUT2D eigenvalue weighted by molar-refractivity contribution is 7.98. The van der Waals surface area contributed by atoms with Gasteiger partial charge in [0.2, 0.25) is 0 Å². The Morgan fingerprint density at radius 3 is 2.94 bits per heavy atom. The zero-order valence-corrected chi connectivity index (χ0v) is 12.7. The molecule has 1 aromatic carbocycles. The zero-order chi connectivity index (χ0) is 13.0. The van der Waals surface area contributed by atoms with E-state index < -0.39 is 0 Å². The summed E-state index contributed by atoms with van der Waals surface area (Å²) in [6.45, 7) is 0.952. The van der Waals surface area contributed by atoms with Crippen molar-refractivity contribution in [2.45, 2.75) is 19.4 Å². The predicted octanol–water partition coefficient (Wildman–Crippen LogP) is 4.22. The van der Waals surface area contributed by atoms with Gasteiger partial charge in [-0.15, -0.1) is 11.6 Å². The number of aryl methyl sites for hydroxylation is 2. The SMILES string of the molecule is CSCCCn1c(CCCl)nc2cccc(Cl)c21. The number of imidazole rings is 1. The van der Waals surface area contributed by atoms with Gasteiger partial charge in [-0.25, -0.2) is 4.98 Å². The lowest BCUT2D eigenvalue weighted by molar-refractivity contribution is 0.665. The Bertz CT molecular complexity index is 525. The molecule has 0 amide bonds. The largest absolute Gasteiger partial charge is 0.327 e. The number of thioether (sulfide) groups is 1. The lowest BCUT2D eigenvalue weighted by Crippen LogP contribution is -2.05. The topological polar surface area (TPSA) is 17.8 Å². The van der Waals surface area contributed by atoms with Gasteiger partial charge in [0.25, 0.3) is 0 Å². The van der Waals surface area contributed by atoms with Gasteiger partial charge in [-0.3, -0.25) is 0 Å². The molecule has 98 valence electrons. The fraction of sp³-hybridized carbons (Fsp3) is 0.462. The lowest BCUT2D eigenvalue weighted by Gasteiger charge is -2.08. The minimum Gasteiger partial charge on any atom is -0.327 e. The molecule has 0 spiro atoms. The molecule has 0 saturated heterocycles. The molecule has 0 saturated carbocycles. The maximum Gasteiger partial charge on any atom is 0.111 e. The van der Waals surface area contributed by atoms with Crippen LogP contribution in [0.5, 0.6) is 0 Å². The molecular formula is C13H16Cl2N2S. The predicted molar refractivity (Wildman–Crippen MR) is 82.2 cm³/mol. The van der Waals surface area contributed by atoms with Crippen molar-refractivity contribution < 1.29 is 0 Å². The second-order valence-corrected chi connectivity index (χ2v) is 5.84. The standard InChI is InChI=1S/C13H16Cl2N2S/c1-18-9-3-8-17-12(6-7-14)16-11-5-2-4-10(15)13(11)17/h2,4-5H,3,6-9H2,1H3. The Hall–Kier alpha value is -0.380. The number of aromatic nitrogens is 2. The van der Waals surface area contributed by atoms with Gasteiger partial charge in [0.05, 0.1) is 16.1 Å². The molecule has 0 atom stereocenters. The van der Waals surface area contributed by atoms with E-state index in [-0.39, 0.29) is 0 Å². The van der Waals surface area contributed by atoms with Crippen LogP contribution in [-0.2, 0) is 13.0 Å². The summed E-state index contributed by atoms with van der Waals surface area (Å²) in [4.78, 5) is 4.63. The Morgan fingerprint density at radius 2 is 2.22 bits per heavy atom. The van der Waals surface area contributed by atoms with Crippen LogP contribution < -0.4 is 0 Å². The van der Waals surface area contributed by atoms with Crippen LogP contribution in [0.3, 0.4) is 0 Å². The van der Waals surface area contributed by atoms with Crippen LogP contribution in [0.25, 0.3) is 11.0 Å². The Kier molecular flexibility index (Phi) is 5.22. The average Bonchev–Trinajstić information content (AvgIpc) is 2.70. The highest BCUT2D eigenvalue weighted by atomic mass is 35.5. The van der Waals surface area contributed by atoms with Gasteiger partial charge in [-0.05, 0) is 30.6 Å². The van der Waals surface area contributed by atoms with E-state index in [2.05, 4.69) is 15.8 Å². The first kappa shape index (κ1) is 14.0. The number of benzene rings is 1. The highest BCUT2D eigenvalue weighted by Crippen LogP contribution is 2.25. The summed E-state index contributed by atoms with van der Waals surface area (Å²) in [5, 5.41) is 0.768. The average molecular weight is 303 g/mol. The van der Waals surface area contributed by atoms with Crippen LogP contribution in [0.1, 0.15) is 12.2 Å². The van der Waals surface area contributed by atoms with Gasteiger partial charge >= 0.3 is 0 Å². The van der Waals surface area contributed by atoms with Crippen molar-refractivity contribution in [3.63, 3.8) is 0 Å². The van der Waals surface area contributed by atoms with Gasteiger partial charge in [-0.2, -0.15) is 11.8 Å². The number of rotatable bonds is 6.